The number of hydrogen-bond donors (Lipinski definition) is 0. The van der Waals surface area contributed by atoms with Crippen LogP contribution in [0.5, 0.6) is 0 Å². The van der Waals surface area contributed by atoms with Crippen molar-refractivity contribution in [3.8, 4) is 16.8 Å². The Morgan fingerprint density at radius 3 is 1.73 bits per heavy atom. The number of hydrogen-bond acceptors (Lipinski definition) is 1. The summed E-state index contributed by atoms with van der Waals surface area (Å²) in [7, 11) is 31.3. The SMILES string of the molecule is [B]c1c([B])c([B])c(-c2cccc3c2sc2ccc(-n4c5ccccc5c5ccccc54)cc23)c([B])c1[B]. The van der Waals surface area contributed by atoms with Gasteiger partial charge >= 0.3 is 0 Å². The summed E-state index contributed by atoms with van der Waals surface area (Å²) in [5.41, 5.74) is 6.41. The fourth-order valence-corrected chi connectivity index (χ4v) is 6.67. The van der Waals surface area contributed by atoms with Gasteiger partial charge in [0, 0.05) is 36.6 Å². The zero-order chi connectivity index (χ0) is 25.4. The lowest BCUT2D eigenvalue weighted by atomic mass is 9.59. The molecule has 0 aliphatic rings. The van der Waals surface area contributed by atoms with Crippen molar-refractivity contribution in [1.82, 2.24) is 4.57 Å². The standard InChI is InChI=1S/C30H14B5NS/c31-25-24(26(32)28(34)29(35)27(25)33)19-9-5-8-18-20-14-15(12-13-23(20)37-30(18)19)36-21-10-3-1-6-16(21)17-7-2-4-11-22(17)36/h1-14H. The first-order chi connectivity index (χ1) is 18.0. The first kappa shape index (κ1) is 22.6. The quantitative estimate of drug-likeness (QED) is 0.340. The molecule has 37 heavy (non-hydrogen) atoms. The smallest absolute Gasteiger partial charge is 0.113 e. The highest BCUT2D eigenvalue weighted by atomic mass is 32.1. The maximum atomic E-state index is 6.43. The van der Waals surface area contributed by atoms with Gasteiger partial charge in [-0.05, 0) is 41.5 Å². The van der Waals surface area contributed by atoms with E-state index in [1.165, 1.54) is 26.5 Å². The molecule has 0 N–H and O–H groups in total. The third-order valence-electron chi connectivity index (χ3n) is 7.29. The van der Waals surface area contributed by atoms with E-state index in [2.05, 4.69) is 77.4 Å². The van der Waals surface area contributed by atoms with Crippen molar-refractivity contribution in [1.29, 1.82) is 0 Å². The van der Waals surface area contributed by atoms with E-state index in [0.29, 0.717) is 16.5 Å². The van der Waals surface area contributed by atoms with Gasteiger partial charge in [0.25, 0.3) is 0 Å². The molecule has 1 nitrogen and oxygen atoms in total. The van der Waals surface area contributed by atoms with E-state index in [1.807, 2.05) is 12.1 Å². The van der Waals surface area contributed by atoms with Crippen molar-refractivity contribution in [3.05, 3.63) is 84.9 Å². The second-order valence-electron chi connectivity index (χ2n) is 9.28. The van der Waals surface area contributed by atoms with Gasteiger partial charge < -0.3 is 4.57 Å². The molecule has 0 saturated heterocycles. The number of aromatic nitrogens is 1. The number of thiophene rings is 1. The fourth-order valence-electron chi connectivity index (χ4n) is 5.46. The molecule has 7 aromatic rings. The molecule has 2 heterocycles. The maximum absolute atomic E-state index is 6.43. The molecule has 0 aliphatic heterocycles. The van der Waals surface area contributed by atoms with Crippen molar-refractivity contribution in [2.24, 2.45) is 0 Å². The van der Waals surface area contributed by atoms with E-state index in [9.17, 15) is 0 Å². The van der Waals surface area contributed by atoms with Gasteiger partial charge in [0.2, 0.25) is 0 Å². The number of fused-ring (bicyclic) bond motifs is 6. The number of para-hydroxylation sites is 2. The van der Waals surface area contributed by atoms with Crippen LogP contribution in [-0.4, -0.2) is 43.8 Å². The van der Waals surface area contributed by atoms with Crippen molar-refractivity contribution in [3.63, 3.8) is 0 Å². The normalized spacial score (nSPS) is 11.8. The van der Waals surface area contributed by atoms with Gasteiger partial charge in [-0.2, -0.15) is 0 Å². The third-order valence-corrected chi connectivity index (χ3v) is 8.51. The lowest BCUT2D eigenvalue weighted by Gasteiger charge is -2.21. The molecular weight excluding hydrogens is 460 g/mol. The summed E-state index contributed by atoms with van der Waals surface area (Å²) >= 11 is 1.70. The zero-order valence-electron chi connectivity index (χ0n) is 19.8. The molecule has 0 aliphatic carbocycles. The first-order valence-corrected chi connectivity index (χ1v) is 12.7. The molecule has 0 fully saturated rings. The van der Waals surface area contributed by atoms with Gasteiger partial charge in [0.1, 0.15) is 39.2 Å². The largest absolute Gasteiger partial charge is 0.309 e. The minimum atomic E-state index is 0.220. The predicted octanol–water partition coefficient (Wildman–Crippen LogP) is 2.79. The van der Waals surface area contributed by atoms with Gasteiger partial charge in [-0.1, -0.05) is 65.5 Å². The summed E-state index contributed by atoms with van der Waals surface area (Å²) in [6.07, 6.45) is 0. The van der Waals surface area contributed by atoms with Crippen molar-refractivity contribution in [2.45, 2.75) is 0 Å². The highest BCUT2D eigenvalue weighted by Gasteiger charge is 2.18. The molecule has 0 atom stereocenters. The molecule has 7 rings (SSSR count). The maximum Gasteiger partial charge on any atom is 0.113 e. The molecule has 0 bridgehead atoms. The Balaban J connectivity index is 1.52. The van der Waals surface area contributed by atoms with E-state index < -0.39 is 0 Å². The topological polar surface area (TPSA) is 4.93 Å². The van der Waals surface area contributed by atoms with Gasteiger partial charge in [-0.15, -0.1) is 27.7 Å². The Kier molecular flexibility index (Phi) is 5.03. The Hall–Kier alpha value is -3.56. The predicted molar refractivity (Wildman–Crippen MR) is 166 cm³/mol. The molecule has 0 unspecified atom stereocenters. The zero-order valence-corrected chi connectivity index (χ0v) is 20.6. The molecule has 7 heteroatoms. The molecule has 0 saturated carbocycles. The van der Waals surface area contributed by atoms with Crippen LogP contribution in [0.15, 0.2) is 84.9 Å². The van der Waals surface area contributed by atoms with Gasteiger partial charge in [-0.3, -0.25) is 0 Å². The fraction of sp³-hybridized carbons (Fsp3) is 0. The lowest BCUT2D eigenvalue weighted by Crippen LogP contribution is -2.55. The number of benzene rings is 5. The van der Waals surface area contributed by atoms with Crippen LogP contribution in [-0.2, 0) is 0 Å². The Morgan fingerprint density at radius 1 is 0.514 bits per heavy atom. The second kappa shape index (κ2) is 8.23. The Bertz CT molecular complexity index is 1970. The summed E-state index contributed by atoms with van der Waals surface area (Å²) in [5.74, 6) is 0. The minimum Gasteiger partial charge on any atom is -0.309 e. The highest BCUT2D eigenvalue weighted by Crippen LogP contribution is 2.41. The van der Waals surface area contributed by atoms with Crippen LogP contribution in [0.25, 0.3) is 58.8 Å². The second-order valence-corrected chi connectivity index (χ2v) is 10.3. The molecular formula is C30H14B5NS. The van der Waals surface area contributed by atoms with E-state index >= 15 is 0 Å². The summed E-state index contributed by atoms with van der Waals surface area (Å²) in [5, 5.41) is 4.75. The average Bonchev–Trinajstić information content (AvgIpc) is 3.47. The van der Waals surface area contributed by atoms with Crippen LogP contribution in [0.4, 0.5) is 0 Å². The Morgan fingerprint density at radius 2 is 1.08 bits per heavy atom. The van der Waals surface area contributed by atoms with Crippen molar-refractivity contribution >= 4 is 120 Å². The van der Waals surface area contributed by atoms with Crippen LogP contribution >= 0.6 is 11.3 Å². The molecule has 2 aromatic heterocycles. The summed E-state index contributed by atoms with van der Waals surface area (Å²) in [4.78, 5) is 0. The molecule has 160 valence electrons. The van der Waals surface area contributed by atoms with Crippen molar-refractivity contribution in [2.75, 3.05) is 0 Å². The van der Waals surface area contributed by atoms with Crippen LogP contribution in [0.2, 0.25) is 0 Å². The van der Waals surface area contributed by atoms with Crippen molar-refractivity contribution < 1.29 is 0 Å². The van der Waals surface area contributed by atoms with Gasteiger partial charge in [0.15, 0.2) is 0 Å². The van der Waals surface area contributed by atoms with Crippen LogP contribution in [0.3, 0.4) is 0 Å². The first-order valence-electron chi connectivity index (χ1n) is 11.9. The summed E-state index contributed by atoms with van der Waals surface area (Å²) in [6, 6.07) is 29.8. The number of nitrogens with zero attached hydrogens (tertiary/aromatic N) is 1. The van der Waals surface area contributed by atoms with E-state index in [4.69, 9.17) is 39.2 Å². The molecule has 5 aromatic carbocycles. The Labute approximate surface area is 225 Å². The molecule has 0 spiro atoms. The third kappa shape index (κ3) is 3.17. The van der Waals surface area contributed by atoms with E-state index in [-0.39, 0.29) is 16.4 Å². The highest BCUT2D eigenvalue weighted by molar-refractivity contribution is 7.26. The molecule has 10 radical (unpaired) electrons. The molecule has 0 amide bonds. The van der Waals surface area contributed by atoms with Crippen LogP contribution < -0.4 is 27.3 Å². The number of rotatable bonds is 2. The minimum absolute atomic E-state index is 0.220. The summed E-state index contributed by atoms with van der Waals surface area (Å²) in [6.45, 7) is 0. The lowest BCUT2D eigenvalue weighted by molar-refractivity contribution is 1.19. The van der Waals surface area contributed by atoms with E-state index in [0.717, 1.165) is 26.7 Å². The van der Waals surface area contributed by atoms with E-state index in [1.54, 1.807) is 11.3 Å². The monoisotopic (exact) mass is 475 g/mol. The van der Waals surface area contributed by atoms with Crippen LogP contribution in [0, 0.1) is 0 Å². The van der Waals surface area contributed by atoms with Crippen LogP contribution in [0.1, 0.15) is 0 Å². The van der Waals surface area contributed by atoms with Gasteiger partial charge in [-0.25, -0.2) is 0 Å². The van der Waals surface area contributed by atoms with Gasteiger partial charge in [0.05, 0.1) is 11.0 Å². The summed E-state index contributed by atoms with van der Waals surface area (Å²) < 4.78 is 4.56. The average molecular weight is 475 g/mol.